The molecule has 3 heterocycles. The molecule has 1 aromatic carbocycles. The lowest BCUT2D eigenvalue weighted by molar-refractivity contribution is 0.468. The molecular formula is C25H26N4O3S. The van der Waals surface area contributed by atoms with Crippen LogP contribution in [0.4, 0.5) is 0 Å². The minimum atomic E-state index is -0.430. The van der Waals surface area contributed by atoms with Crippen molar-refractivity contribution in [1.82, 2.24) is 20.2 Å². The van der Waals surface area contributed by atoms with E-state index >= 15 is 0 Å². The van der Waals surface area contributed by atoms with Crippen molar-refractivity contribution in [3.05, 3.63) is 67.8 Å². The Morgan fingerprint density at radius 1 is 1.24 bits per heavy atom. The lowest BCUT2D eigenvalue weighted by atomic mass is 9.95. The van der Waals surface area contributed by atoms with Crippen LogP contribution in [0.15, 0.2) is 38.9 Å². The number of thiazole rings is 1. The maximum absolute atomic E-state index is 13.0. The van der Waals surface area contributed by atoms with Gasteiger partial charge in [0.1, 0.15) is 11.3 Å². The highest BCUT2D eigenvalue weighted by Crippen LogP contribution is 2.43. The molecular weight excluding hydrogens is 436 g/mol. The van der Waals surface area contributed by atoms with Gasteiger partial charge in [-0.15, -0.1) is 21.5 Å². The lowest BCUT2D eigenvalue weighted by Gasteiger charge is -2.14. The molecule has 0 bridgehead atoms. The van der Waals surface area contributed by atoms with Gasteiger partial charge in [-0.2, -0.15) is 0 Å². The van der Waals surface area contributed by atoms with Crippen LogP contribution in [-0.4, -0.2) is 25.3 Å². The summed E-state index contributed by atoms with van der Waals surface area (Å²) >= 11 is 1.55. The third-order valence-electron chi connectivity index (χ3n) is 5.95. The molecule has 0 radical (unpaired) electrons. The van der Waals surface area contributed by atoms with Crippen LogP contribution in [-0.2, 0) is 12.8 Å². The molecule has 5 rings (SSSR count). The summed E-state index contributed by atoms with van der Waals surface area (Å²) in [5.41, 5.74) is 3.93. The zero-order valence-electron chi connectivity index (χ0n) is 18.7. The number of aryl methyl sites for hydroxylation is 2. The first-order valence-electron chi connectivity index (χ1n) is 11.4. The fraction of sp³-hybridized carbons (Fsp3) is 0.360. The van der Waals surface area contributed by atoms with Gasteiger partial charge in [0.2, 0.25) is 5.89 Å². The maximum atomic E-state index is 13.0. The average molecular weight is 463 g/mol. The molecule has 0 aliphatic heterocycles. The molecule has 1 fully saturated rings. The standard InChI is InChI=1S/C25H26N4O3S/c1-3-4-8-19-21(17-7-5-6-16(11-17)15-9-10-15)23(30)22(24(31)27-19)25-29-28-20(32-25)12-18-13-33-14(2)26-18/h5-7,11,13,15H,3-4,8-10,12H2,1-2H3,(H2,27,30,31). The Labute approximate surface area is 195 Å². The molecule has 4 aromatic rings. The number of hydrogen-bond acceptors (Lipinski definition) is 7. The highest BCUT2D eigenvalue weighted by molar-refractivity contribution is 7.09. The second kappa shape index (κ2) is 8.94. The van der Waals surface area contributed by atoms with Gasteiger partial charge in [0.15, 0.2) is 0 Å². The fourth-order valence-electron chi connectivity index (χ4n) is 4.12. The summed E-state index contributed by atoms with van der Waals surface area (Å²) < 4.78 is 5.79. The Bertz CT molecular complexity index is 1350. The van der Waals surface area contributed by atoms with Gasteiger partial charge in [0.05, 0.1) is 17.1 Å². The van der Waals surface area contributed by atoms with Gasteiger partial charge in [0, 0.05) is 16.6 Å². The molecule has 0 atom stereocenters. The molecule has 1 aliphatic rings. The molecule has 2 N–H and O–H groups in total. The summed E-state index contributed by atoms with van der Waals surface area (Å²) in [6, 6.07) is 8.23. The number of pyridine rings is 1. The van der Waals surface area contributed by atoms with E-state index in [0.29, 0.717) is 30.2 Å². The third kappa shape index (κ3) is 4.48. The molecule has 3 aromatic heterocycles. The van der Waals surface area contributed by atoms with E-state index in [1.165, 1.54) is 18.4 Å². The quantitative estimate of drug-likeness (QED) is 0.365. The van der Waals surface area contributed by atoms with Crippen LogP contribution in [0.25, 0.3) is 22.6 Å². The zero-order chi connectivity index (χ0) is 22.9. The Balaban J connectivity index is 1.58. The van der Waals surface area contributed by atoms with Crippen LogP contribution < -0.4 is 5.56 Å². The molecule has 1 aliphatic carbocycles. The second-order valence-electron chi connectivity index (χ2n) is 8.57. The van der Waals surface area contributed by atoms with E-state index in [4.69, 9.17) is 4.42 Å². The van der Waals surface area contributed by atoms with Crippen LogP contribution in [0, 0.1) is 6.92 Å². The molecule has 33 heavy (non-hydrogen) atoms. The highest BCUT2D eigenvalue weighted by atomic mass is 32.1. The first kappa shape index (κ1) is 21.6. The average Bonchev–Trinajstić information content (AvgIpc) is 3.43. The molecule has 0 amide bonds. The van der Waals surface area contributed by atoms with E-state index in [1.54, 1.807) is 11.3 Å². The van der Waals surface area contributed by atoms with E-state index < -0.39 is 5.56 Å². The number of aromatic nitrogens is 4. The topological polar surface area (TPSA) is 105 Å². The number of hydrogen-bond donors (Lipinski definition) is 2. The van der Waals surface area contributed by atoms with Gasteiger partial charge in [-0.25, -0.2) is 4.98 Å². The van der Waals surface area contributed by atoms with E-state index in [-0.39, 0.29) is 17.2 Å². The van der Waals surface area contributed by atoms with Crippen molar-refractivity contribution in [3.63, 3.8) is 0 Å². The summed E-state index contributed by atoms with van der Waals surface area (Å²) in [6.45, 7) is 4.04. The zero-order valence-corrected chi connectivity index (χ0v) is 19.5. The van der Waals surface area contributed by atoms with Gasteiger partial charge in [0.25, 0.3) is 11.4 Å². The molecule has 1 saturated carbocycles. The molecule has 8 heteroatoms. The maximum Gasteiger partial charge on any atom is 0.264 e. The summed E-state index contributed by atoms with van der Waals surface area (Å²) in [6.07, 6.45) is 5.31. The summed E-state index contributed by atoms with van der Waals surface area (Å²) in [5, 5.41) is 22.4. The molecule has 170 valence electrons. The Morgan fingerprint density at radius 3 is 2.82 bits per heavy atom. The third-order valence-corrected chi connectivity index (χ3v) is 6.77. The van der Waals surface area contributed by atoms with E-state index in [2.05, 4.69) is 39.2 Å². The van der Waals surface area contributed by atoms with Crippen molar-refractivity contribution in [2.45, 2.75) is 58.3 Å². The normalized spacial score (nSPS) is 13.5. The molecule has 0 unspecified atom stereocenters. The lowest BCUT2D eigenvalue weighted by Crippen LogP contribution is -2.14. The predicted octanol–water partition coefficient (Wildman–Crippen LogP) is 5.37. The van der Waals surface area contributed by atoms with Crippen molar-refractivity contribution in [3.8, 4) is 28.3 Å². The van der Waals surface area contributed by atoms with Crippen molar-refractivity contribution in [2.75, 3.05) is 0 Å². The van der Waals surface area contributed by atoms with Gasteiger partial charge in [-0.05, 0) is 49.7 Å². The number of nitrogens with one attached hydrogen (secondary N) is 1. The van der Waals surface area contributed by atoms with Crippen molar-refractivity contribution in [1.29, 1.82) is 0 Å². The number of aromatic hydroxyl groups is 1. The van der Waals surface area contributed by atoms with E-state index in [9.17, 15) is 9.90 Å². The Hall–Kier alpha value is -3.26. The van der Waals surface area contributed by atoms with Crippen LogP contribution in [0.5, 0.6) is 5.75 Å². The summed E-state index contributed by atoms with van der Waals surface area (Å²) in [4.78, 5) is 20.4. The fourth-order valence-corrected chi connectivity index (χ4v) is 4.74. The monoisotopic (exact) mass is 462 g/mol. The van der Waals surface area contributed by atoms with Crippen molar-refractivity contribution < 1.29 is 9.52 Å². The number of rotatable bonds is 8. The van der Waals surface area contributed by atoms with Gasteiger partial charge in [-0.1, -0.05) is 37.6 Å². The van der Waals surface area contributed by atoms with Crippen molar-refractivity contribution >= 4 is 11.3 Å². The van der Waals surface area contributed by atoms with Gasteiger partial charge >= 0.3 is 0 Å². The van der Waals surface area contributed by atoms with Crippen LogP contribution in [0.2, 0.25) is 0 Å². The van der Waals surface area contributed by atoms with E-state index in [1.807, 2.05) is 24.4 Å². The van der Waals surface area contributed by atoms with Gasteiger partial charge in [-0.3, -0.25) is 4.79 Å². The SMILES string of the molecule is CCCCc1[nH]c(=O)c(-c2nnc(Cc3csc(C)n3)o2)c(O)c1-c1cccc(C2CC2)c1. The van der Waals surface area contributed by atoms with Gasteiger partial charge < -0.3 is 14.5 Å². The predicted molar refractivity (Wildman–Crippen MR) is 128 cm³/mol. The van der Waals surface area contributed by atoms with Crippen molar-refractivity contribution in [2.24, 2.45) is 0 Å². The number of benzene rings is 1. The molecule has 0 spiro atoms. The Kier molecular flexibility index (Phi) is 5.85. The molecule has 0 saturated heterocycles. The van der Waals surface area contributed by atoms with Crippen LogP contribution in [0.3, 0.4) is 0 Å². The number of nitrogens with zero attached hydrogens (tertiary/aromatic N) is 3. The largest absolute Gasteiger partial charge is 0.506 e. The number of aromatic amines is 1. The second-order valence-corrected chi connectivity index (χ2v) is 9.63. The summed E-state index contributed by atoms with van der Waals surface area (Å²) in [5.74, 6) is 0.831. The first-order chi connectivity index (χ1) is 16.0. The minimum Gasteiger partial charge on any atom is -0.506 e. The Morgan fingerprint density at radius 2 is 2.09 bits per heavy atom. The van der Waals surface area contributed by atoms with E-state index in [0.717, 1.165) is 34.8 Å². The number of unbranched alkanes of at least 4 members (excludes halogenated alkanes) is 1. The smallest absolute Gasteiger partial charge is 0.264 e. The minimum absolute atomic E-state index is 0.00952. The van der Waals surface area contributed by atoms with Crippen LogP contribution >= 0.6 is 11.3 Å². The number of H-pyrrole nitrogens is 1. The molecule has 7 nitrogen and oxygen atoms in total. The first-order valence-corrected chi connectivity index (χ1v) is 12.2. The van der Waals surface area contributed by atoms with Crippen LogP contribution in [0.1, 0.15) is 66.4 Å². The summed E-state index contributed by atoms with van der Waals surface area (Å²) in [7, 11) is 0. The highest BCUT2D eigenvalue weighted by Gasteiger charge is 2.26.